The molecule has 10 aromatic rings. The van der Waals surface area contributed by atoms with Crippen LogP contribution in [-0.4, -0.2) is 9.55 Å². The quantitative estimate of drug-likeness (QED) is 0.164. The Balaban J connectivity index is 1.08. The predicted octanol–water partition coefficient (Wildman–Crippen LogP) is 13.1. The van der Waals surface area contributed by atoms with Gasteiger partial charge in [-0.15, -0.1) is 0 Å². The SMILES string of the molecule is c1ccc(-c2ccc(-c3cc(-c4ccc(-c5ccccc5)cc4)nc(-c4ccc(-n5c6cccc7ccc8cccc5c8c76)cc4)c3)cc2)cc1. The minimum Gasteiger partial charge on any atom is -0.309 e. The molecule has 0 radical (unpaired) electrons. The van der Waals surface area contributed by atoms with Crippen molar-refractivity contribution in [2.24, 2.45) is 0 Å². The third kappa shape index (κ3) is 5.08. The molecule has 0 fully saturated rings. The van der Waals surface area contributed by atoms with E-state index in [0.29, 0.717) is 0 Å². The highest BCUT2D eigenvalue weighted by Gasteiger charge is 2.17. The lowest BCUT2D eigenvalue weighted by atomic mass is 9.97. The molecule has 2 aromatic heterocycles. The van der Waals surface area contributed by atoms with Crippen molar-refractivity contribution in [3.8, 4) is 61.6 Å². The fourth-order valence-corrected chi connectivity index (χ4v) is 7.62. The van der Waals surface area contributed by atoms with E-state index < -0.39 is 0 Å². The Bertz CT molecular complexity index is 2630. The molecule has 0 aliphatic rings. The first-order valence-electron chi connectivity index (χ1n) is 17.5. The molecule has 0 spiro atoms. The van der Waals surface area contributed by atoms with Crippen LogP contribution >= 0.6 is 0 Å². The molecule has 8 aromatic carbocycles. The highest BCUT2D eigenvalue weighted by Crippen LogP contribution is 2.39. The van der Waals surface area contributed by atoms with Crippen molar-refractivity contribution in [2.75, 3.05) is 0 Å². The summed E-state index contributed by atoms with van der Waals surface area (Å²) in [7, 11) is 0. The Morgan fingerprint density at radius 1 is 0.294 bits per heavy atom. The van der Waals surface area contributed by atoms with Crippen molar-refractivity contribution in [1.82, 2.24) is 9.55 Å². The van der Waals surface area contributed by atoms with Crippen LogP contribution in [0.3, 0.4) is 0 Å². The summed E-state index contributed by atoms with van der Waals surface area (Å²) in [6.45, 7) is 0. The number of hydrogen-bond donors (Lipinski definition) is 0. The Morgan fingerprint density at radius 3 is 1.16 bits per heavy atom. The molecule has 0 bridgehead atoms. The second kappa shape index (κ2) is 12.0. The van der Waals surface area contributed by atoms with Gasteiger partial charge in [0.1, 0.15) is 0 Å². The summed E-state index contributed by atoms with van der Waals surface area (Å²) < 4.78 is 2.40. The third-order valence-electron chi connectivity index (χ3n) is 10.2. The van der Waals surface area contributed by atoms with Crippen LogP contribution in [0.15, 0.2) is 194 Å². The van der Waals surface area contributed by atoms with Crippen molar-refractivity contribution in [1.29, 1.82) is 0 Å². The van der Waals surface area contributed by atoms with Gasteiger partial charge in [0, 0.05) is 27.6 Å². The smallest absolute Gasteiger partial charge is 0.0715 e. The van der Waals surface area contributed by atoms with Crippen molar-refractivity contribution in [3.63, 3.8) is 0 Å². The molecule has 0 saturated heterocycles. The zero-order chi connectivity index (χ0) is 33.7. The molecule has 10 rings (SSSR count). The van der Waals surface area contributed by atoms with Crippen LogP contribution in [0.5, 0.6) is 0 Å². The predicted molar refractivity (Wildman–Crippen MR) is 214 cm³/mol. The van der Waals surface area contributed by atoms with E-state index in [1.807, 2.05) is 0 Å². The van der Waals surface area contributed by atoms with Crippen LogP contribution in [0.2, 0.25) is 0 Å². The normalized spacial score (nSPS) is 11.5. The molecule has 0 saturated carbocycles. The van der Waals surface area contributed by atoms with Gasteiger partial charge in [-0.1, -0.05) is 158 Å². The standard InChI is InChI=1S/C49H32N2/c1-3-9-33(10-4-1)35-17-19-37(20-18-35)42-31-44(38-23-21-36(22-24-38)34-11-5-2-6-12-34)50-45(32-42)39-27-29-43(30-28-39)51-46-15-7-13-40-25-26-41-14-8-16-47(51)49(41)48(40)46/h1-32H. The molecule has 2 nitrogen and oxygen atoms in total. The van der Waals surface area contributed by atoms with Gasteiger partial charge < -0.3 is 4.57 Å². The first-order chi connectivity index (χ1) is 25.3. The van der Waals surface area contributed by atoms with Crippen LogP contribution in [-0.2, 0) is 0 Å². The van der Waals surface area contributed by atoms with E-state index in [1.165, 1.54) is 54.8 Å². The van der Waals surface area contributed by atoms with Gasteiger partial charge in [0.05, 0.1) is 22.4 Å². The van der Waals surface area contributed by atoms with Crippen LogP contribution in [0.25, 0.3) is 94.2 Å². The molecule has 0 N–H and O–H groups in total. The van der Waals surface area contributed by atoms with Gasteiger partial charge in [-0.25, -0.2) is 4.98 Å². The molecule has 0 unspecified atom stereocenters. The minimum atomic E-state index is 0.947. The first kappa shape index (κ1) is 29.2. The lowest BCUT2D eigenvalue weighted by molar-refractivity contribution is 1.18. The fourth-order valence-electron chi connectivity index (χ4n) is 7.62. The van der Waals surface area contributed by atoms with Gasteiger partial charge >= 0.3 is 0 Å². The van der Waals surface area contributed by atoms with Gasteiger partial charge in [-0.05, 0) is 80.6 Å². The lowest BCUT2D eigenvalue weighted by Crippen LogP contribution is -1.95. The second-order valence-electron chi connectivity index (χ2n) is 13.2. The van der Waals surface area contributed by atoms with Gasteiger partial charge in [0.15, 0.2) is 0 Å². The van der Waals surface area contributed by atoms with E-state index in [-0.39, 0.29) is 0 Å². The number of hydrogen-bond acceptors (Lipinski definition) is 1. The van der Waals surface area contributed by atoms with Gasteiger partial charge in [0.25, 0.3) is 0 Å². The maximum absolute atomic E-state index is 5.28. The molecule has 0 aliphatic heterocycles. The Kier molecular flexibility index (Phi) is 6.85. The van der Waals surface area contributed by atoms with E-state index in [4.69, 9.17) is 4.98 Å². The molecule has 2 heterocycles. The summed E-state index contributed by atoms with van der Waals surface area (Å²) in [5, 5.41) is 5.19. The van der Waals surface area contributed by atoms with Crippen LogP contribution in [0, 0.1) is 0 Å². The van der Waals surface area contributed by atoms with Crippen LogP contribution in [0.4, 0.5) is 0 Å². The van der Waals surface area contributed by atoms with E-state index in [9.17, 15) is 0 Å². The molecular weight excluding hydrogens is 617 g/mol. The monoisotopic (exact) mass is 648 g/mol. The summed E-state index contributed by atoms with van der Waals surface area (Å²) in [6, 6.07) is 69.7. The summed E-state index contributed by atoms with van der Waals surface area (Å²) in [5.41, 5.74) is 14.8. The van der Waals surface area contributed by atoms with Crippen molar-refractivity contribution < 1.29 is 0 Å². The third-order valence-corrected chi connectivity index (χ3v) is 10.2. The Hall–Kier alpha value is -6.77. The van der Waals surface area contributed by atoms with Gasteiger partial charge in [0.2, 0.25) is 0 Å². The minimum absolute atomic E-state index is 0.947. The van der Waals surface area contributed by atoms with E-state index >= 15 is 0 Å². The fraction of sp³-hybridized carbons (Fsp3) is 0. The average molecular weight is 649 g/mol. The number of rotatable bonds is 6. The molecule has 0 aliphatic carbocycles. The highest BCUT2D eigenvalue weighted by molar-refractivity contribution is 6.24. The molecular formula is C49H32N2. The van der Waals surface area contributed by atoms with E-state index in [2.05, 4.69) is 199 Å². The summed E-state index contributed by atoms with van der Waals surface area (Å²) in [5.74, 6) is 0. The average Bonchev–Trinajstić information content (AvgIpc) is 3.56. The zero-order valence-electron chi connectivity index (χ0n) is 27.9. The van der Waals surface area contributed by atoms with Gasteiger partial charge in [-0.2, -0.15) is 0 Å². The van der Waals surface area contributed by atoms with Crippen LogP contribution < -0.4 is 0 Å². The van der Waals surface area contributed by atoms with Crippen LogP contribution in [0.1, 0.15) is 0 Å². The number of aromatic nitrogens is 2. The number of nitrogens with zero attached hydrogens (tertiary/aromatic N) is 2. The summed E-state index contributed by atoms with van der Waals surface area (Å²) in [4.78, 5) is 5.28. The van der Waals surface area contributed by atoms with Crippen molar-refractivity contribution in [3.05, 3.63) is 194 Å². The zero-order valence-corrected chi connectivity index (χ0v) is 27.9. The van der Waals surface area contributed by atoms with Gasteiger partial charge in [-0.3, -0.25) is 0 Å². The molecule has 51 heavy (non-hydrogen) atoms. The maximum atomic E-state index is 5.28. The van der Waals surface area contributed by atoms with E-state index in [1.54, 1.807) is 0 Å². The largest absolute Gasteiger partial charge is 0.309 e. The molecule has 238 valence electrons. The summed E-state index contributed by atoms with van der Waals surface area (Å²) >= 11 is 0. The topological polar surface area (TPSA) is 17.8 Å². The molecule has 2 heteroatoms. The number of pyridine rings is 1. The Labute approximate surface area is 296 Å². The molecule has 0 amide bonds. The lowest BCUT2D eigenvalue weighted by Gasteiger charge is -2.13. The maximum Gasteiger partial charge on any atom is 0.0715 e. The van der Waals surface area contributed by atoms with E-state index in [0.717, 1.165) is 39.3 Å². The van der Waals surface area contributed by atoms with Crippen molar-refractivity contribution in [2.45, 2.75) is 0 Å². The van der Waals surface area contributed by atoms with Crippen molar-refractivity contribution >= 4 is 32.6 Å². The first-order valence-corrected chi connectivity index (χ1v) is 17.5. The highest BCUT2D eigenvalue weighted by atomic mass is 15.0. The molecule has 0 atom stereocenters. The second-order valence-corrected chi connectivity index (χ2v) is 13.2. The summed E-state index contributed by atoms with van der Waals surface area (Å²) in [6.07, 6.45) is 0. The number of benzene rings is 8. The Morgan fingerprint density at radius 2 is 0.686 bits per heavy atom.